The number of aliphatic imine (C=N–C) groups is 1. The standard InChI is InChI=1S/C19H37N5O2/c1-6-16(7-2)18-14-17(26-23-18)15-22-19(20-8-3)21-10-12-24(4)11-9-13-25-5/h14,16H,6-13,15H2,1-5H3,(H2,20,21,22). The Morgan fingerprint density at radius 2 is 2.04 bits per heavy atom. The molecule has 1 aromatic rings. The van der Waals surface area contributed by atoms with Crippen LogP contribution in [0.2, 0.25) is 0 Å². The van der Waals surface area contributed by atoms with Gasteiger partial charge in [-0.25, -0.2) is 4.99 Å². The summed E-state index contributed by atoms with van der Waals surface area (Å²) in [6.07, 6.45) is 3.20. The predicted octanol–water partition coefficient (Wildman–Crippen LogP) is 2.60. The molecule has 26 heavy (non-hydrogen) atoms. The Bertz CT molecular complexity index is 500. The summed E-state index contributed by atoms with van der Waals surface area (Å²) in [6, 6.07) is 2.04. The second-order valence-electron chi connectivity index (χ2n) is 6.50. The average Bonchev–Trinajstić information content (AvgIpc) is 3.10. The number of guanidine groups is 1. The highest BCUT2D eigenvalue weighted by molar-refractivity contribution is 5.79. The van der Waals surface area contributed by atoms with Crippen LogP contribution in [0.1, 0.15) is 57.4 Å². The summed E-state index contributed by atoms with van der Waals surface area (Å²) in [5.74, 6) is 2.08. The van der Waals surface area contributed by atoms with Crippen molar-refractivity contribution in [2.75, 3.05) is 46.9 Å². The van der Waals surface area contributed by atoms with Gasteiger partial charge in [0.25, 0.3) is 0 Å². The van der Waals surface area contributed by atoms with Gasteiger partial charge in [0.05, 0.1) is 5.69 Å². The Kier molecular flexibility index (Phi) is 11.7. The molecule has 0 fully saturated rings. The normalized spacial score (nSPS) is 12.2. The number of rotatable bonds is 13. The monoisotopic (exact) mass is 367 g/mol. The molecule has 7 nitrogen and oxygen atoms in total. The molecule has 1 heterocycles. The van der Waals surface area contributed by atoms with Gasteiger partial charge in [0.1, 0.15) is 6.54 Å². The molecule has 0 aliphatic carbocycles. The van der Waals surface area contributed by atoms with Crippen LogP contribution in [-0.4, -0.2) is 63.0 Å². The third-order valence-corrected chi connectivity index (χ3v) is 4.39. The van der Waals surface area contributed by atoms with E-state index in [1.165, 1.54) is 0 Å². The van der Waals surface area contributed by atoms with Gasteiger partial charge in [-0.3, -0.25) is 0 Å². The maximum atomic E-state index is 5.44. The number of methoxy groups -OCH3 is 1. The third-order valence-electron chi connectivity index (χ3n) is 4.39. The first kappa shape index (κ1) is 22.4. The van der Waals surface area contributed by atoms with Gasteiger partial charge in [-0.05, 0) is 33.2 Å². The van der Waals surface area contributed by atoms with E-state index in [1.807, 2.05) is 6.07 Å². The summed E-state index contributed by atoms with van der Waals surface area (Å²) in [5.41, 5.74) is 1.04. The topological polar surface area (TPSA) is 74.9 Å². The van der Waals surface area contributed by atoms with E-state index in [1.54, 1.807) is 7.11 Å². The van der Waals surface area contributed by atoms with E-state index in [2.05, 4.69) is 53.5 Å². The first-order valence-electron chi connectivity index (χ1n) is 9.79. The van der Waals surface area contributed by atoms with Gasteiger partial charge >= 0.3 is 0 Å². The first-order chi connectivity index (χ1) is 12.6. The Balaban J connectivity index is 2.45. The largest absolute Gasteiger partial charge is 0.385 e. The van der Waals surface area contributed by atoms with Crippen molar-refractivity contribution in [1.82, 2.24) is 20.7 Å². The molecule has 0 aromatic carbocycles. The molecule has 150 valence electrons. The van der Waals surface area contributed by atoms with Crippen LogP contribution in [0.15, 0.2) is 15.6 Å². The quantitative estimate of drug-likeness (QED) is 0.317. The number of nitrogens with one attached hydrogen (secondary N) is 2. The fourth-order valence-corrected chi connectivity index (χ4v) is 2.76. The van der Waals surface area contributed by atoms with E-state index in [0.717, 1.165) is 69.5 Å². The highest BCUT2D eigenvalue weighted by Crippen LogP contribution is 2.22. The Labute approximate surface area is 158 Å². The van der Waals surface area contributed by atoms with Gasteiger partial charge in [-0.2, -0.15) is 0 Å². The van der Waals surface area contributed by atoms with Gasteiger partial charge in [0.15, 0.2) is 11.7 Å². The van der Waals surface area contributed by atoms with E-state index in [0.29, 0.717) is 12.5 Å². The van der Waals surface area contributed by atoms with Crippen molar-refractivity contribution in [2.45, 2.75) is 52.5 Å². The average molecular weight is 368 g/mol. The number of ether oxygens (including phenoxy) is 1. The second kappa shape index (κ2) is 13.6. The lowest BCUT2D eigenvalue weighted by atomic mass is 9.99. The number of hydrogen-bond acceptors (Lipinski definition) is 5. The van der Waals surface area contributed by atoms with Crippen molar-refractivity contribution >= 4 is 5.96 Å². The van der Waals surface area contributed by atoms with Crippen LogP contribution in [0.4, 0.5) is 0 Å². The van der Waals surface area contributed by atoms with E-state index in [9.17, 15) is 0 Å². The first-order valence-corrected chi connectivity index (χ1v) is 9.79. The molecular weight excluding hydrogens is 330 g/mol. The summed E-state index contributed by atoms with van der Waals surface area (Å²) in [7, 11) is 3.86. The van der Waals surface area contributed by atoms with E-state index < -0.39 is 0 Å². The van der Waals surface area contributed by atoms with Crippen molar-refractivity contribution in [3.8, 4) is 0 Å². The van der Waals surface area contributed by atoms with Crippen LogP contribution >= 0.6 is 0 Å². The van der Waals surface area contributed by atoms with Crippen molar-refractivity contribution in [2.24, 2.45) is 4.99 Å². The molecule has 0 aliphatic heterocycles. The zero-order valence-electron chi connectivity index (χ0n) is 17.2. The minimum Gasteiger partial charge on any atom is -0.385 e. The molecule has 0 saturated heterocycles. The Morgan fingerprint density at radius 3 is 2.69 bits per heavy atom. The molecule has 2 N–H and O–H groups in total. The van der Waals surface area contributed by atoms with Gasteiger partial charge in [-0.1, -0.05) is 19.0 Å². The van der Waals surface area contributed by atoms with Crippen LogP contribution in [0.25, 0.3) is 0 Å². The molecule has 0 saturated carbocycles. The molecule has 0 spiro atoms. The van der Waals surface area contributed by atoms with Crippen molar-refractivity contribution in [3.63, 3.8) is 0 Å². The van der Waals surface area contributed by atoms with Crippen molar-refractivity contribution in [3.05, 3.63) is 17.5 Å². The molecule has 0 unspecified atom stereocenters. The molecule has 0 aliphatic rings. The second-order valence-corrected chi connectivity index (χ2v) is 6.50. The summed E-state index contributed by atoms with van der Waals surface area (Å²) < 4.78 is 10.5. The number of aromatic nitrogens is 1. The van der Waals surface area contributed by atoms with Crippen LogP contribution in [0.3, 0.4) is 0 Å². The lowest BCUT2D eigenvalue weighted by molar-refractivity contribution is 0.180. The van der Waals surface area contributed by atoms with Crippen LogP contribution in [0.5, 0.6) is 0 Å². The Morgan fingerprint density at radius 1 is 1.27 bits per heavy atom. The molecule has 0 amide bonds. The molecule has 1 rings (SSSR count). The molecular formula is C19H37N5O2. The van der Waals surface area contributed by atoms with Gasteiger partial charge < -0.3 is 24.8 Å². The molecule has 0 atom stereocenters. The lowest BCUT2D eigenvalue weighted by Crippen LogP contribution is -2.41. The van der Waals surface area contributed by atoms with E-state index in [-0.39, 0.29) is 0 Å². The van der Waals surface area contributed by atoms with Gasteiger partial charge in [0.2, 0.25) is 0 Å². The highest BCUT2D eigenvalue weighted by Gasteiger charge is 2.12. The fourth-order valence-electron chi connectivity index (χ4n) is 2.76. The summed E-state index contributed by atoms with van der Waals surface area (Å²) >= 11 is 0. The minimum absolute atomic E-state index is 0.469. The number of likely N-dealkylation sites (N-methyl/N-ethyl adjacent to an activating group) is 1. The van der Waals surface area contributed by atoms with Crippen LogP contribution in [0, 0.1) is 0 Å². The zero-order chi connectivity index (χ0) is 19.2. The number of hydrogen-bond donors (Lipinski definition) is 2. The van der Waals surface area contributed by atoms with Crippen molar-refractivity contribution in [1.29, 1.82) is 0 Å². The zero-order valence-corrected chi connectivity index (χ0v) is 17.2. The van der Waals surface area contributed by atoms with Gasteiger partial charge in [0, 0.05) is 51.9 Å². The van der Waals surface area contributed by atoms with Crippen molar-refractivity contribution < 1.29 is 9.26 Å². The summed E-state index contributed by atoms with van der Waals surface area (Å²) in [6.45, 7) is 11.4. The smallest absolute Gasteiger partial charge is 0.191 e. The molecule has 1 aromatic heterocycles. The van der Waals surface area contributed by atoms with Gasteiger partial charge in [-0.15, -0.1) is 0 Å². The maximum Gasteiger partial charge on any atom is 0.191 e. The van der Waals surface area contributed by atoms with E-state index >= 15 is 0 Å². The fraction of sp³-hybridized carbons (Fsp3) is 0.789. The predicted molar refractivity (Wildman–Crippen MR) is 107 cm³/mol. The van der Waals surface area contributed by atoms with Crippen LogP contribution in [-0.2, 0) is 11.3 Å². The van der Waals surface area contributed by atoms with Crippen LogP contribution < -0.4 is 10.6 Å². The summed E-state index contributed by atoms with van der Waals surface area (Å²) in [5, 5.41) is 10.8. The minimum atomic E-state index is 0.469. The Hall–Kier alpha value is -1.60. The molecule has 7 heteroatoms. The molecule has 0 bridgehead atoms. The highest BCUT2D eigenvalue weighted by atomic mass is 16.5. The van der Waals surface area contributed by atoms with E-state index in [4.69, 9.17) is 9.26 Å². The number of nitrogens with zero attached hydrogens (tertiary/aromatic N) is 3. The summed E-state index contributed by atoms with van der Waals surface area (Å²) in [4.78, 5) is 6.89. The SMILES string of the molecule is CCNC(=NCc1cc(C(CC)CC)no1)NCCN(C)CCCOC. The maximum absolute atomic E-state index is 5.44. The third kappa shape index (κ3) is 8.67. The molecule has 0 radical (unpaired) electrons. The lowest BCUT2D eigenvalue weighted by Gasteiger charge is -2.18.